The van der Waals surface area contributed by atoms with Gasteiger partial charge in [-0.15, -0.1) is 6.58 Å². The Labute approximate surface area is 107 Å². The Bertz CT molecular complexity index is 364. The third-order valence-corrected chi connectivity index (χ3v) is 3.07. The molecule has 0 radical (unpaired) electrons. The minimum Gasteiger partial charge on any atom is -0.465 e. The molecular formula is C13H19NO4. The van der Waals surface area contributed by atoms with E-state index < -0.39 is 17.9 Å². The molecule has 1 aliphatic heterocycles. The molecule has 0 aromatic rings. The number of esters is 1. The zero-order chi connectivity index (χ0) is 13.7. The Balaban J connectivity index is 2.71. The third kappa shape index (κ3) is 2.97. The predicted molar refractivity (Wildman–Crippen MR) is 65.7 cm³/mol. The van der Waals surface area contributed by atoms with E-state index in [4.69, 9.17) is 4.74 Å². The van der Waals surface area contributed by atoms with E-state index >= 15 is 0 Å². The van der Waals surface area contributed by atoms with E-state index in [1.54, 1.807) is 19.9 Å². The molecule has 0 N–H and O–H groups in total. The Morgan fingerprint density at radius 3 is 2.78 bits per heavy atom. The van der Waals surface area contributed by atoms with Gasteiger partial charge in [0.2, 0.25) is 5.91 Å². The number of nitrogens with zero attached hydrogens (tertiary/aromatic N) is 1. The van der Waals surface area contributed by atoms with E-state index in [1.807, 2.05) is 0 Å². The second-order valence-corrected chi connectivity index (χ2v) is 4.29. The Kier molecular flexibility index (Phi) is 5.07. The van der Waals surface area contributed by atoms with Crippen LogP contribution in [0.2, 0.25) is 0 Å². The highest BCUT2D eigenvalue weighted by Gasteiger charge is 2.45. The van der Waals surface area contributed by atoms with E-state index in [2.05, 4.69) is 6.58 Å². The Morgan fingerprint density at radius 1 is 1.56 bits per heavy atom. The van der Waals surface area contributed by atoms with Crippen LogP contribution in [0.3, 0.4) is 0 Å². The minimum atomic E-state index is -0.836. The maximum absolute atomic E-state index is 11.9. The second kappa shape index (κ2) is 6.33. The van der Waals surface area contributed by atoms with Gasteiger partial charge in [0.1, 0.15) is 5.92 Å². The van der Waals surface area contributed by atoms with Gasteiger partial charge in [-0.25, -0.2) is 0 Å². The first kappa shape index (κ1) is 14.4. The summed E-state index contributed by atoms with van der Waals surface area (Å²) >= 11 is 0. The van der Waals surface area contributed by atoms with Crippen molar-refractivity contribution in [2.75, 3.05) is 13.2 Å². The van der Waals surface area contributed by atoms with Crippen molar-refractivity contribution in [3.05, 3.63) is 12.7 Å². The van der Waals surface area contributed by atoms with Crippen LogP contribution >= 0.6 is 0 Å². The van der Waals surface area contributed by atoms with Crippen molar-refractivity contribution in [1.29, 1.82) is 0 Å². The molecule has 0 saturated carbocycles. The van der Waals surface area contributed by atoms with Gasteiger partial charge in [-0.1, -0.05) is 6.08 Å². The molecule has 1 fully saturated rings. The first-order valence-electron chi connectivity index (χ1n) is 6.12. The zero-order valence-corrected chi connectivity index (χ0v) is 10.8. The summed E-state index contributed by atoms with van der Waals surface area (Å²) < 4.78 is 4.86. The molecule has 1 saturated heterocycles. The molecule has 0 aromatic carbocycles. The average Bonchev–Trinajstić information content (AvgIpc) is 2.62. The molecule has 18 heavy (non-hydrogen) atoms. The number of amides is 1. The molecule has 1 amide bonds. The van der Waals surface area contributed by atoms with Crippen molar-refractivity contribution in [3.63, 3.8) is 0 Å². The molecule has 0 bridgehead atoms. The number of hydrogen-bond donors (Lipinski definition) is 0. The maximum atomic E-state index is 11.9. The fourth-order valence-corrected chi connectivity index (χ4v) is 2.10. The van der Waals surface area contributed by atoms with Gasteiger partial charge in [0.15, 0.2) is 5.78 Å². The summed E-state index contributed by atoms with van der Waals surface area (Å²) in [5.41, 5.74) is 0. The average molecular weight is 253 g/mol. The smallest absolute Gasteiger partial charge is 0.318 e. The molecule has 0 aromatic heterocycles. The lowest BCUT2D eigenvalue weighted by molar-refractivity contribution is -0.151. The standard InChI is InChI=1S/C13H19NO4/c1-4-6-7-11(16)14-8-10(15)12(9(14)3)13(17)18-5-2/h4,9,12H,1,5-8H2,2-3H3/t9-,12?/m0/s1. The molecule has 1 unspecified atom stereocenters. The van der Waals surface area contributed by atoms with Crippen LogP contribution in [0.25, 0.3) is 0 Å². The van der Waals surface area contributed by atoms with Crippen molar-refractivity contribution < 1.29 is 19.1 Å². The summed E-state index contributed by atoms with van der Waals surface area (Å²) in [7, 11) is 0. The molecule has 100 valence electrons. The van der Waals surface area contributed by atoms with Gasteiger partial charge >= 0.3 is 5.97 Å². The van der Waals surface area contributed by atoms with Crippen LogP contribution in [0.4, 0.5) is 0 Å². The van der Waals surface area contributed by atoms with Crippen LogP contribution in [-0.2, 0) is 19.1 Å². The molecular weight excluding hydrogens is 234 g/mol. The number of Topliss-reactive ketones (excluding diaryl/α,β-unsaturated/α-hetero) is 1. The van der Waals surface area contributed by atoms with E-state index in [9.17, 15) is 14.4 Å². The van der Waals surface area contributed by atoms with Gasteiger partial charge < -0.3 is 9.64 Å². The fraction of sp³-hybridized carbons (Fsp3) is 0.615. The highest BCUT2D eigenvalue weighted by atomic mass is 16.5. The minimum absolute atomic E-state index is 0.000619. The number of ether oxygens (including phenoxy) is 1. The molecule has 1 aliphatic rings. The van der Waals surface area contributed by atoms with E-state index in [-0.39, 0.29) is 24.8 Å². The summed E-state index contributed by atoms with van der Waals surface area (Å²) in [6.07, 6.45) is 2.54. The molecule has 1 rings (SSSR count). The van der Waals surface area contributed by atoms with Crippen LogP contribution in [0, 0.1) is 5.92 Å². The normalized spacial score (nSPS) is 23.0. The first-order chi connectivity index (χ1) is 8.52. The number of carbonyl (C=O) groups excluding carboxylic acids is 3. The van der Waals surface area contributed by atoms with Gasteiger partial charge in [0.05, 0.1) is 13.2 Å². The van der Waals surface area contributed by atoms with Crippen LogP contribution in [0.15, 0.2) is 12.7 Å². The maximum Gasteiger partial charge on any atom is 0.318 e. The van der Waals surface area contributed by atoms with Gasteiger partial charge in [-0.2, -0.15) is 0 Å². The molecule has 5 heteroatoms. The van der Waals surface area contributed by atoms with Crippen LogP contribution in [-0.4, -0.2) is 41.8 Å². The SMILES string of the molecule is C=CCCC(=O)N1CC(=O)C(C(=O)OCC)[C@@H]1C. The van der Waals surface area contributed by atoms with Crippen molar-refractivity contribution in [2.45, 2.75) is 32.7 Å². The summed E-state index contributed by atoms with van der Waals surface area (Å²) in [6.45, 7) is 7.18. The van der Waals surface area contributed by atoms with Crippen molar-refractivity contribution in [3.8, 4) is 0 Å². The monoisotopic (exact) mass is 253 g/mol. The topological polar surface area (TPSA) is 63.7 Å². The summed E-state index contributed by atoms with van der Waals surface area (Å²) in [5, 5.41) is 0. The fourth-order valence-electron chi connectivity index (χ4n) is 2.10. The van der Waals surface area contributed by atoms with Gasteiger partial charge in [-0.05, 0) is 20.3 Å². The number of carbonyl (C=O) groups is 3. The third-order valence-electron chi connectivity index (χ3n) is 3.07. The lowest BCUT2D eigenvalue weighted by Crippen LogP contribution is -2.38. The number of allylic oxidation sites excluding steroid dienone is 1. The Hall–Kier alpha value is -1.65. The molecule has 1 heterocycles. The summed E-state index contributed by atoms with van der Waals surface area (Å²) in [6, 6.07) is -0.422. The van der Waals surface area contributed by atoms with Crippen LogP contribution in [0.1, 0.15) is 26.7 Å². The number of likely N-dealkylation sites (tertiary alicyclic amines) is 1. The zero-order valence-electron chi connectivity index (χ0n) is 10.8. The van der Waals surface area contributed by atoms with E-state index in [0.29, 0.717) is 12.8 Å². The largest absolute Gasteiger partial charge is 0.465 e. The van der Waals surface area contributed by atoms with Crippen molar-refractivity contribution in [1.82, 2.24) is 4.90 Å². The summed E-state index contributed by atoms with van der Waals surface area (Å²) in [5.74, 6) is -1.73. The first-order valence-corrected chi connectivity index (χ1v) is 6.12. The van der Waals surface area contributed by atoms with E-state index in [0.717, 1.165) is 0 Å². The highest BCUT2D eigenvalue weighted by molar-refractivity contribution is 6.04. The van der Waals surface area contributed by atoms with Crippen molar-refractivity contribution in [2.24, 2.45) is 5.92 Å². The number of hydrogen-bond acceptors (Lipinski definition) is 4. The second-order valence-electron chi connectivity index (χ2n) is 4.29. The number of ketones is 1. The Morgan fingerprint density at radius 2 is 2.22 bits per heavy atom. The number of rotatable bonds is 5. The van der Waals surface area contributed by atoms with Crippen LogP contribution < -0.4 is 0 Å². The molecule has 0 spiro atoms. The van der Waals surface area contributed by atoms with Gasteiger partial charge in [0.25, 0.3) is 0 Å². The highest BCUT2D eigenvalue weighted by Crippen LogP contribution is 2.23. The van der Waals surface area contributed by atoms with Gasteiger partial charge in [0, 0.05) is 12.5 Å². The van der Waals surface area contributed by atoms with Crippen molar-refractivity contribution >= 4 is 17.7 Å². The summed E-state index contributed by atoms with van der Waals surface area (Å²) in [4.78, 5) is 36.7. The predicted octanol–water partition coefficient (Wildman–Crippen LogP) is 0.932. The molecule has 0 aliphatic carbocycles. The quantitative estimate of drug-likeness (QED) is 0.415. The lowest BCUT2D eigenvalue weighted by atomic mass is 10.0. The molecule has 5 nitrogen and oxygen atoms in total. The van der Waals surface area contributed by atoms with E-state index in [1.165, 1.54) is 4.90 Å². The van der Waals surface area contributed by atoms with Crippen LogP contribution in [0.5, 0.6) is 0 Å². The lowest BCUT2D eigenvalue weighted by Gasteiger charge is -2.22. The molecule has 2 atom stereocenters. The van der Waals surface area contributed by atoms with Gasteiger partial charge in [-0.3, -0.25) is 14.4 Å².